The molecule has 1 aliphatic heterocycles. The third kappa shape index (κ3) is 3.91. The van der Waals surface area contributed by atoms with Gasteiger partial charge in [0.2, 0.25) is 0 Å². The van der Waals surface area contributed by atoms with Crippen LogP contribution in [0.1, 0.15) is 27.2 Å². The molecule has 0 bridgehead atoms. The minimum atomic E-state index is -1.18. The first-order valence-electron chi connectivity index (χ1n) is 7.00. The fourth-order valence-electron chi connectivity index (χ4n) is 2.51. The zero-order chi connectivity index (χ0) is 14.4. The summed E-state index contributed by atoms with van der Waals surface area (Å²) in [4.78, 5) is 27.5. The van der Waals surface area contributed by atoms with Gasteiger partial charge in [0, 0.05) is 19.1 Å². The van der Waals surface area contributed by atoms with Crippen molar-refractivity contribution < 1.29 is 14.3 Å². The molecule has 19 heavy (non-hydrogen) atoms. The van der Waals surface area contributed by atoms with E-state index in [4.69, 9.17) is 10.5 Å². The predicted octanol–water partition coefficient (Wildman–Crippen LogP) is -0.180. The van der Waals surface area contributed by atoms with E-state index in [2.05, 4.69) is 18.7 Å². The maximum absolute atomic E-state index is 12.1. The molecule has 110 valence electrons. The van der Waals surface area contributed by atoms with Gasteiger partial charge in [-0.2, -0.15) is 0 Å². The molecule has 0 radical (unpaired) electrons. The van der Waals surface area contributed by atoms with E-state index in [1.54, 1.807) is 11.8 Å². The molecule has 6 nitrogen and oxygen atoms in total. The SMILES string of the molecule is CCOC(=O)C(N)C(=O)N1CCC(N(CC)CC)C1. The maximum atomic E-state index is 12.1. The molecule has 2 unspecified atom stereocenters. The fraction of sp³-hybridized carbons (Fsp3) is 0.846. The van der Waals surface area contributed by atoms with Gasteiger partial charge in [0.15, 0.2) is 6.04 Å². The molecule has 1 heterocycles. The number of esters is 1. The molecular formula is C13H25N3O3. The number of rotatable bonds is 6. The van der Waals surface area contributed by atoms with Gasteiger partial charge < -0.3 is 15.4 Å². The number of likely N-dealkylation sites (N-methyl/N-ethyl adjacent to an activating group) is 1. The van der Waals surface area contributed by atoms with Crippen molar-refractivity contribution >= 4 is 11.9 Å². The zero-order valence-corrected chi connectivity index (χ0v) is 12.1. The number of likely N-dealkylation sites (tertiary alicyclic amines) is 1. The van der Waals surface area contributed by atoms with Crippen molar-refractivity contribution in [2.75, 3.05) is 32.8 Å². The van der Waals surface area contributed by atoms with Crippen molar-refractivity contribution in [2.24, 2.45) is 5.73 Å². The summed E-state index contributed by atoms with van der Waals surface area (Å²) in [6.45, 7) is 9.39. The lowest BCUT2D eigenvalue weighted by atomic mass is 10.2. The Morgan fingerprint density at radius 2 is 2.00 bits per heavy atom. The molecule has 0 aromatic carbocycles. The van der Waals surface area contributed by atoms with Crippen molar-refractivity contribution in [1.29, 1.82) is 0 Å². The van der Waals surface area contributed by atoms with E-state index < -0.39 is 12.0 Å². The topological polar surface area (TPSA) is 75.9 Å². The molecule has 0 aliphatic carbocycles. The van der Waals surface area contributed by atoms with Crippen LogP contribution in [0.4, 0.5) is 0 Å². The number of amides is 1. The van der Waals surface area contributed by atoms with E-state index in [0.717, 1.165) is 19.5 Å². The van der Waals surface area contributed by atoms with Crippen molar-refractivity contribution in [1.82, 2.24) is 9.80 Å². The van der Waals surface area contributed by atoms with Gasteiger partial charge in [-0.3, -0.25) is 9.69 Å². The van der Waals surface area contributed by atoms with E-state index in [-0.39, 0.29) is 12.5 Å². The molecule has 0 aromatic rings. The van der Waals surface area contributed by atoms with Crippen LogP contribution in [0.5, 0.6) is 0 Å². The standard InChI is InChI=1S/C13H25N3O3/c1-4-15(5-2)10-7-8-16(9-10)12(17)11(14)13(18)19-6-3/h10-11H,4-9,14H2,1-3H3. The second-order valence-corrected chi connectivity index (χ2v) is 4.68. The van der Waals surface area contributed by atoms with Crippen LogP contribution in [0.2, 0.25) is 0 Å². The molecule has 6 heteroatoms. The molecular weight excluding hydrogens is 246 g/mol. The molecule has 0 aromatic heterocycles. The van der Waals surface area contributed by atoms with E-state index in [1.165, 1.54) is 0 Å². The first-order chi connectivity index (χ1) is 9.04. The van der Waals surface area contributed by atoms with Crippen molar-refractivity contribution in [3.63, 3.8) is 0 Å². The molecule has 1 amide bonds. The Morgan fingerprint density at radius 3 is 2.53 bits per heavy atom. The summed E-state index contributed by atoms with van der Waals surface area (Å²) in [6, 6.07) is -0.816. The lowest BCUT2D eigenvalue weighted by Gasteiger charge is -2.26. The third-order valence-electron chi connectivity index (χ3n) is 3.61. The molecule has 1 aliphatic rings. The first-order valence-corrected chi connectivity index (χ1v) is 7.00. The molecule has 1 rings (SSSR count). The normalized spacial score (nSPS) is 20.7. The van der Waals surface area contributed by atoms with Gasteiger partial charge in [0.25, 0.3) is 5.91 Å². The highest BCUT2D eigenvalue weighted by atomic mass is 16.5. The van der Waals surface area contributed by atoms with Gasteiger partial charge >= 0.3 is 5.97 Å². The van der Waals surface area contributed by atoms with Crippen molar-refractivity contribution in [3.05, 3.63) is 0 Å². The van der Waals surface area contributed by atoms with Gasteiger partial charge in [0.1, 0.15) is 0 Å². The quantitative estimate of drug-likeness (QED) is 0.536. The monoisotopic (exact) mass is 271 g/mol. The summed E-state index contributed by atoms with van der Waals surface area (Å²) in [5.74, 6) is -0.966. The second kappa shape index (κ2) is 7.45. The first kappa shape index (κ1) is 15.9. The van der Waals surface area contributed by atoms with Crippen LogP contribution < -0.4 is 5.73 Å². The minimum Gasteiger partial charge on any atom is -0.464 e. The molecule has 2 atom stereocenters. The van der Waals surface area contributed by atoms with Crippen LogP contribution in [0, 0.1) is 0 Å². The van der Waals surface area contributed by atoms with E-state index in [1.807, 2.05) is 0 Å². The molecule has 2 N–H and O–H groups in total. The number of nitrogens with zero attached hydrogens (tertiary/aromatic N) is 2. The van der Waals surface area contributed by atoms with Crippen LogP contribution in [-0.2, 0) is 14.3 Å². The Morgan fingerprint density at radius 1 is 1.37 bits per heavy atom. The number of ether oxygens (including phenoxy) is 1. The largest absolute Gasteiger partial charge is 0.464 e. The van der Waals surface area contributed by atoms with Crippen molar-refractivity contribution in [3.8, 4) is 0 Å². The third-order valence-corrected chi connectivity index (χ3v) is 3.61. The Bertz CT molecular complexity index is 318. The Kier molecular flexibility index (Phi) is 6.24. The van der Waals surface area contributed by atoms with Gasteiger partial charge in [-0.15, -0.1) is 0 Å². The van der Waals surface area contributed by atoms with Gasteiger partial charge in [-0.25, -0.2) is 4.79 Å². The Hall–Kier alpha value is -1.14. The van der Waals surface area contributed by atoms with Crippen LogP contribution in [0.3, 0.4) is 0 Å². The highest BCUT2D eigenvalue weighted by Gasteiger charge is 2.34. The highest BCUT2D eigenvalue weighted by molar-refractivity contribution is 6.01. The maximum Gasteiger partial charge on any atom is 0.332 e. The van der Waals surface area contributed by atoms with Crippen LogP contribution in [0.15, 0.2) is 0 Å². The number of carbonyl (C=O) groups is 2. The second-order valence-electron chi connectivity index (χ2n) is 4.68. The number of nitrogens with two attached hydrogens (primary N) is 1. The molecule has 1 fully saturated rings. The van der Waals surface area contributed by atoms with E-state index in [9.17, 15) is 9.59 Å². The van der Waals surface area contributed by atoms with Gasteiger partial charge in [-0.05, 0) is 26.4 Å². The minimum absolute atomic E-state index is 0.238. The summed E-state index contributed by atoms with van der Waals surface area (Å²) >= 11 is 0. The van der Waals surface area contributed by atoms with Crippen LogP contribution in [0.25, 0.3) is 0 Å². The summed E-state index contributed by atoms with van der Waals surface area (Å²) in [7, 11) is 0. The zero-order valence-electron chi connectivity index (χ0n) is 12.1. The molecule has 0 saturated carbocycles. The van der Waals surface area contributed by atoms with Crippen molar-refractivity contribution in [2.45, 2.75) is 39.3 Å². The number of hydrogen-bond donors (Lipinski definition) is 1. The predicted molar refractivity (Wildman–Crippen MR) is 72.5 cm³/mol. The smallest absolute Gasteiger partial charge is 0.332 e. The summed E-state index contributed by atoms with van der Waals surface area (Å²) in [5.41, 5.74) is 5.63. The lowest BCUT2D eigenvalue weighted by Crippen LogP contribution is -2.49. The average molecular weight is 271 g/mol. The van der Waals surface area contributed by atoms with Gasteiger partial charge in [0.05, 0.1) is 6.61 Å². The van der Waals surface area contributed by atoms with E-state index >= 15 is 0 Å². The summed E-state index contributed by atoms with van der Waals surface area (Å²) in [6.07, 6.45) is 0.933. The summed E-state index contributed by atoms with van der Waals surface area (Å²) in [5, 5.41) is 0. The van der Waals surface area contributed by atoms with Crippen LogP contribution >= 0.6 is 0 Å². The van der Waals surface area contributed by atoms with Gasteiger partial charge in [-0.1, -0.05) is 13.8 Å². The average Bonchev–Trinajstić information content (AvgIpc) is 2.88. The lowest BCUT2D eigenvalue weighted by molar-refractivity contribution is -0.150. The number of carbonyl (C=O) groups excluding carboxylic acids is 2. The summed E-state index contributed by atoms with van der Waals surface area (Å²) < 4.78 is 4.78. The fourth-order valence-corrected chi connectivity index (χ4v) is 2.51. The highest BCUT2D eigenvalue weighted by Crippen LogP contribution is 2.16. The number of hydrogen-bond acceptors (Lipinski definition) is 5. The van der Waals surface area contributed by atoms with Crippen LogP contribution in [-0.4, -0.2) is 66.5 Å². The van der Waals surface area contributed by atoms with E-state index in [0.29, 0.717) is 19.1 Å². The molecule has 1 saturated heterocycles. The molecule has 0 spiro atoms. The Labute approximate surface area is 114 Å². The Balaban J connectivity index is 2.54.